The van der Waals surface area contributed by atoms with Crippen LogP contribution in [0.5, 0.6) is 0 Å². The molecule has 2 aromatic rings. The van der Waals surface area contributed by atoms with E-state index < -0.39 is 0 Å². The minimum absolute atomic E-state index is 0.221. The van der Waals surface area contributed by atoms with Crippen LogP contribution in [-0.2, 0) is 19.9 Å². The molecule has 2 aromatic heterocycles. The highest BCUT2D eigenvalue weighted by molar-refractivity contribution is 6.03. The van der Waals surface area contributed by atoms with Crippen molar-refractivity contribution in [3.63, 3.8) is 0 Å². The molecule has 106 valence electrons. The van der Waals surface area contributed by atoms with E-state index in [9.17, 15) is 4.79 Å². The Morgan fingerprint density at radius 2 is 1.90 bits per heavy atom. The molecule has 0 unspecified atom stereocenters. The van der Waals surface area contributed by atoms with Gasteiger partial charge in [0.2, 0.25) is 0 Å². The fourth-order valence-electron chi connectivity index (χ4n) is 2.03. The van der Waals surface area contributed by atoms with E-state index in [1.165, 1.54) is 0 Å². The lowest BCUT2D eigenvalue weighted by Crippen LogP contribution is -2.16. The third kappa shape index (κ3) is 2.68. The van der Waals surface area contributed by atoms with Crippen LogP contribution in [-0.4, -0.2) is 25.7 Å². The molecule has 0 aliphatic carbocycles. The summed E-state index contributed by atoms with van der Waals surface area (Å²) in [6, 6.07) is 0. The van der Waals surface area contributed by atoms with E-state index in [1.807, 2.05) is 27.8 Å². The largest absolute Gasteiger partial charge is 0.306 e. The first-order valence-corrected chi connectivity index (χ1v) is 6.71. The number of carbonyl (C=O) groups is 1. The number of nitrogens with zero attached hydrogens (tertiary/aromatic N) is 4. The molecular weight excluding hydrogens is 254 g/mol. The van der Waals surface area contributed by atoms with Crippen molar-refractivity contribution in [2.75, 3.05) is 5.32 Å². The SMILES string of the molecule is CCc1ncc(C(=O)Nc2c(C)c(CC)nn2C)cn1. The summed E-state index contributed by atoms with van der Waals surface area (Å²) in [6.45, 7) is 5.97. The Bertz CT molecular complexity index is 615. The number of aromatic nitrogens is 4. The van der Waals surface area contributed by atoms with Crippen LogP contribution in [0.1, 0.15) is 41.3 Å². The summed E-state index contributed by atoms with van der Waals surface area (Å²) in [5.41, 5.74) is 2.43. The molecule has 0 fully saturated rings. The summed E-state index contributed by atoms with van der Waals surface area (Å²) in [5.74, 6) is 1.22. The second kappa shape index (κ2) is 5.81. The zero-order chi connectivity index (χ0) is 14.7. The molecule has 1 N–H and O–H groups in total. The van der Waals surface area contributed by atoms with E-state index in [4.69, 9.17) is 0 Å². The predicted octanol–water partition coefficient (Wildman–Crippen LogP) is 1.90. The van der Waals surface area contributed by atoms with Crippen molar-refractivity contribution in [1.29, 1.82) is 0 Å². The van der Waals surface area contributed by atoms with E-state index in [2.05, 4.69) is 20.4 Å². The second-order valence-corrected chi connectivity index (χ2v) is 4.59. The summed E-state index contributed by atoms with van der Waals surface area (Å²) in [6.07, 6.45) is 4.69. The monoisotopic (exact) mass is 273 g/mol. The zero-order valence-electron chi connectivity index (χ0n) is 12.3. The number of anilines is 1. The van der Waals surface area contributed by atoms with Crippen LogP contribution in [0.15, 0.2) is 12.4 Å². The maximum absolute atomic E-state index is 12.2. The molecule has 6 nitrogen and oxygen atoms in total. The van der Waals surface area contributed by atoms with Crippen LogP contribution in [0.3, 0.4) is 0 Å². The first-order valence-electron chi connectivity index (χ1n) is 6.71. The van der Waals surface area contributed by atoms with Gasteiger partial charge in [-0.15, -0.1) is 0 Å². The summed E-state index contributed by atoms with van der Waals surface area (Å²) >= 11 is 0. The molecule has 0 bridgehead atoms. The highest BCUT2D eigenvalue weighted by atomic mass is 16.1. The molecular formula is C14H19N5O. The Balaban J connectivity index is 2.20. The maximum atomic E-state index is 12.2. The average molecular weight is 273 g/mol. The average Bonchev–Trinajstić information content (AvgIpc) is 2.74. The maximum Gasteiger partial charge on any atom is 0.259 e. The number of carbonyl (C=O) groups excluding carboxylic acids is 1. The Morgan fingerprint density at radius 3 is 2.40 bits per heavy atom. The molecule has 2 rings (SSSR count). The number of aryl methyl sites for hydroxylation is 3. The van der Waals surface area contributed by atoms with E-state index in [-0.39, 0.29) is 5.91 Å². The van der Waals surface area contributed by atoms with Crippen molar-refractivity contribution >= 4 is 11.7 Å². The molecule has 0 saturated carbocycles. The van der Waals surface area contributed by atoms with E-state index in [0.717, 1.165) is 29.9 Å². The molecule has 20 heavy (non-hydrogen) atoms. The molecule has 2 heterocycles. The number of hydrogen-bond acceptors (Lipinski definition) is 4. The third-order valence-electron chi connectivity index (χ3n) is 3.23. The lowest BCUT2D eigenvalue weighted by Gasteiger charge is -2.06. The number of hydrogen-bond donors (Lipinski definition) is 1. The topological polar surface area (TPSA) is 72.7 Å². The predicted molar refractivity (Wildman–Crippen MR) is 76.7 cm³/mol. The van der Waals surface area contributed by atoms with Crippen molar-refractivity contribution in [3.05, 3.63) is 35.0 Å². The Morgan fingerprint density at radius 1 is 1.25 bits per heavy atom. The second-order valence-electron chi connectivity index (χ2n) is 4.59. The van der Waals surface area contributed by atoms with Gasteiger partial charge in [-0.05, 0) is 13.3 Å². The van der Waals surface area contributed by atoms with E-state index >= 15 is 0 Å². The standard InChI is InChI=1S/C14H19N5O/c1-5-11-9(3)13(19(4)18-11)17-14(20)10-7-15-12(6-2)16-8-10/h7-8H,5-6H2,1-4H3,(H,17,20). The lowest BCUT2D eigenvalue weighted by molar-refractivity contribution is 0.102. The first-order chi connectivity index (χ1) is 9.56. The normalized spacial score (nSPS) is 10.6. The van der Waals surface area contributed by atoms with E-state index in [1.54, 1.807) is 17.1 Å². The minimum Gasteiger partial charge on any atom is -0.306 e. The van der Waals surface area contributed by atoms with Gasteiger partial charge in [-0.25, -0.2) is 9.97 Å². The van der Waals surface area contributed by atoms with Gasteiger partial charge < -0.3 is 5.32 Å². The van der Waals surface area contributed by atoms with E-state index in [0.29, 0.717) is 11.4 Å². The molecule has 1 amide bonds. The van der Waals surface area contributed by atoms with Gasteiger partial charge in [0.1, 0.15) is 11.6 Å². The molecule has 0 radical (unpaired) electrons. The number of nitrogens with one attached hydrogen (secondary N) is 1. The number of rotatable bonds is 4. The summed E-state index contributed by atoms with van der Waals surface area (Å²) in [5, 5.41) is 7.24. The number of amides is 1. The van der Waals surface area contributed by atoms with Gasteiger partial charge in [-0.2, -0.15) is 5.10 Å². The van der Waals surface area contributed by atoms with Gasteiger partial charge >= 0.3 is 0 Å². The van der Waals surface area contributed by atoms with Crippen LogP contribution in [0, 0.1) is 6.92 Å². The van der Waals surface area contributed by atoms with Gasteiger partial charge in [-0.3, -0.25) is 9.48 Å². The Kier molecular flexibility index (Phi) is 4.12. The van der Waals surface area contributed by atoms with Crippen LogP contribution in [0.2, 0.25) is 0 Å². The van der Waals surface area contributed by atoms with Crippen molar-refractivity contribution in [2.24, 2.45) is 7.05 Å². The molecule has 6 heteroatoms. The summed E-state index contributed by atoms with van der Waals surface area (Å²) in [7, 11) is 1.82. The van der Waals surface area contributed by atoms with Gasteiger partial charge in [0, 0.05) is 31.4 Å². The highest BCUT2D eigenvalue weighted by Gasteiger charge is 2.15. The highest BCUT2D eigenvalue weighted by Crippen LogP contribution is 2.19. The van der Waals surface area contributed by atoms with Crippen molar-refractivity contribution in [1.82, 2.24) is 19.7 Å². The van der Waals surface area contributed by atoms with Crippen LogP contribution in [0.25, 0.3) is 0 Å². The lowest BCUT2D eigenvalue weighted by atomic mass is 10.2. The van der Waals surface area contributed by atoms with Crippen LogP contribution in [0.4, 0.5) is 5.82 Å². The summed E-state index contributed by atoms with van der Waals surface area (Å²) < 4.78 is 1.69. The van der Waals surface area contributed by atoms with Gasteiger partial charge in [0.15, 0.2) is 0 Å². The van der Waals surface area contributed by atoms with Crippen LogP contribution < -0.4 is 5.32 Å². The third-order valence-corrected chi connectivity index (χ3v) is 3.23. The molecule has 0 saturated heterocycles. The van der Waals surface area contributed by atoms with Crippen molar-refractivity contribution < 1.29 is 4.79 Å². The van der Waals surface area contributed by atoms with Crippen molar-refractivity contribution in [2.45, 2.75) is 33.6 Å². The van der Waals surface area contributed by atoms with Crippen molar-refractivity contribution in [3.8, 4) is 0 Å². The first kappa shape index (κ1) is 14.2. The van der Waals surface area contributed by atoms with Gasteiger partial charge in [0.25, 0.3) is 5.91 Å². The summed E-state index contributed by atoms with van der Waals surface area (Å²) in [4.78, 5) is 20.4. The minimum atomic E-state index is -0.221. The quantitative estimate of drug-likeness (QED) is 0.923. The fourth-order valence-corrected chi connectivity index (χ4v) is 2.03. The molecule has 0 aliphatic heterocycles. The van der Waals surface area contributed by atoms with Gasteiger partial charge in [0.05, 0.1) is 11.3 Å². The smallest absolute Gasteiger partial charge is 0.259 e. The van der Waals surface area contributed by atoms with Gasteiger partial charge in [-0.1, -0.05) is 13.8 Å². The molecule has 0 atom stereocenters. The zero-order valence-corrected chi connectivity index (χ0v) is 12.3. The molecule has 0 aromatic carbocycles. The fraction of sp³-hybridized carbons (Fsp3) is 0.429. The molecule has 0 spiro atoms. The van der Waals surface area contributed by atoms with Crippen LogP contribution >= 0.6 is 0 Å². The Labute approximate surface area is 118 Å². The Hall–Kier alpha value is -2.24. The molecule has 0 aliphatic rings.